The number of hydrogen-bond acceptors (Lipinski definition) is 3. The summed E-state index contributed by atoms with van der Waals surface area (Å²) in [6.45, 7) is 4.03. The zero-order valence-corrected chi connectivity index (χ0v) is 12.3. The molecule has 0 spiro atoms. The van der Waals surface area contributed by atoms with E-state index in [1.54, 1.807) is 0 Å². The van der Waals surface area contributed by atoms with E-state index in [0.29, 0.717) is 14.5 Å². The Bertz CT molecular complexity index is 298. The van der Waals surface area contributed by atoms with E-state index < -0.39 is 0 Å². The van der Waals surface area contributed by atoms with Crippen LogP contribution >= 0.6 is 17.3 Å². The summed E-state index contributed by atoms with van der Waals surface area (Å²) in [5.74, 6) is 0.256. The van der Waals surface area contributed by atoms with Crippen LogP contribution in [0.4, 0.5) is 0 Å². The van der Waals surface area contributed by atoms with Gasteiger partial charge in [0.05, 0.1) is 0 Å². The van der Waals surface area contributed by atoms with Crippen LogP contribution in [0.3, 0.4) is 0 Å². The molecule has 1 rings (SSSR count). The van der Waals surface area contributed by atoms with Crippen LogP contribution < -0.4 is 10.4 Å². The van der Waals surface area contributed by atoms with Crippen molar-refractivity contribution in [2.75, 3.05) is 13.2 Å². The predicted octanol–water partition coefficient (Wildman–Crippen LogP) is 1.75. The summed E-state index contributed by atoms with van der Waals surface area (Å²) in [4.78, 5) is 0. The van der Waals surface area contributed by atoms with Crippen molar-refractivity contribution in [1.29, 1.82) is 0 Å². The van der Waals surface area contributed by atoms with Crippen molar-refractivity contribution in [3.8, 4) is 0 Å². The third-order valence-electron chi connectivity index (χ3n) is 2.88. The number of benzene rings is 1. The maximum Gasteiger partial charge on any atom is 0.0486 e. The van der Waals surface area contributed by atoms with E-state index in [-0.39, 0.29) is 12.5 Å². The molecule has 0 fully saturated rings. The van der Waals surface area contributed by atoms with Gasteiger partial charge >= 0.3 is 0 Å². The summed E-state index contributed by atoms with van der Waals surface area (Å²) in [6, 6.07) is 10.6. The average Bonchev–Trinajstić information content (AvgIpc) is 2.38. The van der Waals surface area contributed by atoms with Crippen LogP contribution in [0.15, 0.2) is 30.3 Å². The van der Waals surface area contributed by atoms with Gasteiger partial charge in [-0.3, -0.25) is 5.09 Å². The van der Waals surface area contributed by atoms with E-state index in [2.05, 4.69) is 38.4 Å². The minimum atomic E-state index is 0.213. The number of aliphatic hydroxyl groups is 1. The molecule has 0 aliphatic rings. The van der Waals surface area contributed by atoms with Crippen molar-refractivity contribution >= 4 is 17.3 Å². The van der Waals surface area contributed by atoms with Crippen molar-refractivity contribution in [1.82, 2.24) is 10.4 Å². The van der Waals surface area contributed by atoms with Crippen LogP contribution in [0.5, 0.6) is 0 Å². The maximum absolute atomic E-state index is 9.34. The van der Waals surface area contributed by atoms with Crippen LogP contribution in [0.25, 0.3) is 0 Å². The quantitative estimate of drug-likeness (QED) is 0.632. The number of aliphatic hydroxyl groups excluding tert-OH is 1. The molecule has 0 amide bonds. The number of rotatable bonds is 8. The molecule has 0 radical (unpaired) electrons. The summed E-state index contributed by atoms with van der Waals surface area (Å²) in [6.07, 6.45) is 0. The Hall–Kier alpha value is -0.0400. The minimum Gasteiger partial charge on any atom is -0.396 e. The summed E-state index contributed by atoms with van der Waals surface area (Å²) in [7, 11) is 3.31. The Kier molecular flexibility index (Phi) is 7.92. The normalized spacial score (nSPS) is 15.2. The fraction of sp³-hybridized carbons (Fsp3) is 0.500. The molecule has 0 bridgehead atoms. The molecule has 1 aromatic rings. The molecule has 0 aliphatic carbocycles. The van der Waals surface area contributed by atoms with Crippen molar-refractivity contribution in [3.05, 3.63) is 35.9 Å². The summed E-state index contributed by atoms with van der Waals surface area (Å²) >= 11 is 0. The molecule has 4 atom stereocenters. The fourth-order valence-electron chi connectivity index (χ4n) is 1.63. The van der Waals surface area contributed by atoms with E-state index >= 15 is 0 Å². The van der Waals surface area contributed by atoms with Gasteiger partial charge in [0, 0.05) is 31.7 Å². The molecule has 3 nitrogen and oxygen atoms in total. The lowest BCUT2D eigenvalue weighted by molar-refractivity contribution is 0.196. The lowest BCUT2D eigenvalue weighted by atomic mass is 10.0. The smallest absolute Gasteiger partial charge is 0.0486 e. The van der Waals surface area contributed by atoms with E-state index in [9.17, 15) is 5.11 Å². The summed E-state index contributed by atoms with van der Waals surface area (Å²) < 4.78 is 0. The topological polar surface area (TPSA) is 44.3 Å². The van der Waals surface area contributed by atoms with Crippen LogP contribution in [0.2, 0.25) is 0 Å². The Labute approximate surface area is 108 Å². The Morgan fingerprint density at radius 1 is 1.35 bits per heavy atom. The monoisotopic (exact) mass is 272 g/mol. The molecule has 0 heterocycles. The maximum atomic E-state index is 9.34. The van der Waals surface area contributed by atoms with Gasteiger partial charge in [0.1, 0.15) is 0 Å². The zero-order chi connectivity index (χ0) is 12.5. The van der Waals surface area contributed by atoms with Crippen LogP contribution in [0, 0.1) is 5.92 Å². The second-order valence-corrected chi connectivity index (χ2v) is 5.63. The zero-order valence-electron chi connectivity index (χ0n) is 10.2. The molecule has 0 aliphatic heterocycles. The van der Waals surface area contributed by atoms with Gasteiger partial charge in [-0.2, -0.15) is 0 Å². The average molecular weight is 272 g/mol. The molecule has 0 aromatic heterocycles. The first-order valence-electron chi connectivity index (χ1n) is 5.84. The molecule has 96 valence electrons. The first kappa shape index (κ1) is 15.0. The van der Waals surface area contributed by atoms with Gasteiger partial charge in [-0.25, -0.2) is 0 Å². The molecule has 0 saturated carbocycles. The van der Waals surface area contributed by atoms with E-state index in [1.807, 2.05) is 18.2 Å². The Balaban J connectivity index is 2.34. The molecule has 3 N–H and O–H groups in total. The highest BCUT2D eigenvalue weighted by Crippen LogP contribution is 2.14. The van der Waals surface area contributed by atoms with Crippen molar-refractivity contribution in [2.24, 2.45) is 5.92 Å². The first-order chi connectivity index (χ1) is 8.27. The summed E-state index contributed by atoms with van der Waals surface area (Å²) in [5, 5.41) is 16.1. The molecule has 0 saturated heterocycles. The lowest BCUT2D eigenvalue weighted by Gasteiger charge is -2.23. The largest absolute Gasteiger partial charge is 0.396 e. The van der Waals surface area contributed by atoms with Crippen molar-refractivity contribution in [2.45, 2.75) is 19.5 Å². The highest BCUT2D eigenvalue weighted by Gasteiger charge is 2.15. The molecular weight excluding hydrogens is 250 g/mol. The second-order valence-electron chi connectivity index (χ2n) is 4.12. The van der Waals surface area contributed by atoms with Gasteiger partial charge in [-0.15, -0.1) is 0 Å². The highest BCUT2D eigenvalue weighted by atomic mass is 32.0. The third-order valence-corrected chi connectivity index (χ3v) is 3.90. The lowest BCUT2D eigenvalue weighted by Crippen LogP contribution is -2.39. The molecule has 4 unspecified atom stereocenters. The minimum absolute atomic E-state index is 0.213. The standard InChI is InChI=1S/C12H22N2OP2/c1-10(12(9-15)8-14-17-16)13-7-11-5-3-2-4-6-11/h2-6,10,12-15,17H,7-9,16H2,1H3. The van der Waals surface area contributed by atoms with E-state index in [1.165, 1.54) is 5.56 Å². The van der Waals surface area contributed by atoms with Gasteiger partial charge < -0.3 is 10.4 Å². The molecule has 17 heavy (non-hydrogen) atoms. The van der Waals surface area contributed by atoms with E-state index in [4.69, 9.17) is 0 Å². The molecule has 1 aromatic carbocycles. The van der Waals surface area contributed by atoms with Gasteiger partial charge in [-0.05, 0) is 20.9 Å². The predicted molar refractivity (Wildman–Crippen MR) is 79.3 cm³/mol. The number of hydrogen-bond donors (Lipinski definition) is 3. The van der Waals surface area contributed by atoms with Crippen LogP contribution in [0.1, 0.15) is 12.5 Å². The first-order valence-corrected chi connectivity index (χ1v) is 8.65. The number of nitrogens with one attached hydrogen (secondary N) is 2. The highest BCUT2D eigenvalue weighted by molar-refractivity contribution is 8.01. The molecule has 5 heteroatoms. The van der Waals surface area contributed by atoms with Gasteiger partial charge in [-0.1, -0.05) is 39.3 Å². The second kappa shape index (κ2) is 8.97. The van der Waals surface area contributed by atoms with Crippen LogP contribution in [-0.2, 0) is 6.54 Å². The Morgan fingerprint density at radius 2 is 2.06 bits per heavy atom. The third kappa shape index (κ3) is 5.90. The van der Waals surface area contributed by atoms with Crippen molar-refractivity contribution < 1.29 is 5.11 Å². The van der Waals surface area contributed by atoms with Crippen LogP contribution in [-0.4, -0.2) is 24.3 Å². The SMILES string of the molecule is CC(NCc1ccccc1)C(CO)CNPP. The summed E-state index contributed by atoms with van der Waals surface area (Å²) in [5.41, 5.74) is 1.27. The van der Waals surface area contributed by atoms with Gasteiger partial charge in [0.2, 0.25) is 0 Å². The fourth-order valence-corrected chi connectivity index (χ4v) is 2.36. The van der Waals surface area contributed by atoms with Gasteiger partial charge in [0.15, 0.2) is 0 Å². The van der Waals surface area contributed by atoms with Gasteiger partial charge in [0.25, 0.3) is 0 Å². The van der Waals surface area contributed by atoms with E-state index in [0.717, 1.165) is 13.1 Å². The molecular formula is C12H22N2OP2. The van der Waals surface area contributed by atoms with Crippen molar-refractivity contribution in [3.63, 3.8) is 0 Å². The Morgan fingerprint density at radius 3 is 2.65 bits per heavy atom.